The molecule has 0 amide bonds. The minimum atomic E-state index is 0.512. The Kier molecular flexibility index (Phi) is 4.37. The molecule has 1 aromatic heterocycles. The van der Waals surface area contributed by atoms with Crippen molar-refractivity contribution in [3.05, 3.63) is 29.6 Å². The van der Waals surface area contributed by atoms with E-state index < -0.39 is 0 Å². The van der Waals surface area contributed by atoms with Crippen molar-refractivity contribution in [2.45, 2.75) is 52.2 Å². The van der Waals surface area contributed by atoms with Gasteiger partial charge in [-0.3, -0.25) is 9.88 Å². The molecule has 2 fully saturated rings. The van der Waals surface area contributed by atoms with Gasteiger partial charge in [-0.15, -0.1) is 0 Å². The van der Waals surface area contributed by atoms with E-state index in [2.05, 4.69) is 42.3 Å². The Hall–Kier alpha value is -0.930. The van der Waals surface area contributed by atoms with Crippen molar-refractivity contribution < 1.29 is 0 Å². The molecule has 0 bridgehead atoms. The summed E-state index contributed by atoms with van der Waals surface area (Å²) in [6.07, 6.45) is 4.36. The molecule has 3 heteroatoms. The molecule has 2 heterocycles. The van der Waals surface area contributed by atoms with Crippen LogP contribution in [0.5, 0.6) is 0 Å². The normalized spacial score (nSPS) is 26.4. The number of fused-ring (bicyclic) bond motifs is 1. The van der Waals surface area contributed by atoms with Crippen LogP contribution in [0.2, 0.25) is 0 Å². The molecule has 0 aromatic carbocycles. The highest BCUT2D eigenvalue weighted by molar-refractivity contribution is 5.11. The summed E-state index contributed by atoms with van der Waals surface area (Å²) in [5, 5.41) is 3.44. The number of nitrogens with one attached hydrogen (secondary N) is 1. The summed E-state index contributed by atoms with van der Waals surface area (Å²) in [6, 6.07) is 6.96. The number of nitrogens with zero attached hydrogens (tertiary/aromatic N) is 2. The summed E-state index contributed by atoms with van der Waals surface area (Å²) >= 11 is 0. The van der Waals surface area contributed by atoms with Gasteiger partial charge in [0.15, 0.2) is 0 Å². The first-order chi connectivity index (χ1) is 9.70. The summed E-state index contributed by atoms with van der Waals surface area (Å²) in [6.45, 7) is 8.83. The molecule has 2 aliphatic rings. The van der Waals surface area contributed by atoms with E-state index in [1.54, 1.807) is 0 Å². The van der Waals surface area contributed by atoms with Gasteiger partial charge >= 0.3 is 0 Å². The fourth-order valence-electron chi connectivity index (χ4n) is 3.71. The average molecular weight is 273 g/mol. The lowest BCUT2D eigenvalue weighted by Crippen LogP contribution is -2.24. The molecule has 1 saturated heterocycles. The Morgan fingerprint density at radius 3 is 2.60 bits per heavy atom. The smallest absolute Gasteiger partial charge is 0.0547 e. The molecule has 2 atom stereocenters. The first-order valence-electron chi connectivity index (χ1n) is 8.11. The van der Waals surface area contributed by atoms with E-state index in [1.807, 2.05) is 0 Å². The minimum absolute atomic E-state index is 0.512. The van der Waals surface area contributed by atoms with Crippen molar-refractivity contribution in [1.29, 1.82) is 0 Å². The summed E-state index contributed by atoms with van der Waals surface area (Å²) in [7, 11) is 0. The van der Waals surface area contributed by atoms with Gasteiger partial charge in [0.05, 0.1) is 11.4 Å². The van der Waals surface area contributed by atoms with E-state index >= 15 is 0 Å². The third-order valence-corrected chi connectivity index (χ3v) is 4.74. The highest BCUT2D eigenvalue weighted by Crippen LogP contribution is 2.37. The zero-order chi connectivity index (χ0) is 13.9. The molecular formula is C17H27N3. The largest absolute Gasteiger partial charge is 0.309 e. The zero-order valence-electron chi connectivity index (χ0n) is 12.8. The molecule has 0 spiro atoms. The van der Waals surface area contributed by atoms with Crippen LogP contribution in [-0.4, -0.2) is 29.0 Å². The number of likely N-dealkylation sites (tertiary alicyclic amines) is 1. The van der Waals surface area contributed by atoms with Gasteiger partial charge in [0.2, 0.25) is 0 Å². The molecule has 1 saturated carbocycles. The zero-order valence-corrected chi connectivity index (χ0v) is 12.8. The van der Waals surface area contributed by atoms with Crippen molar-refractivity contribution in [2.75, 3.05) is 13.1 Å². The molecular weight excluding hydrogens is 246 g/mol. The average Bonchev–Trinajstić information content (AvgIpc) is 2.97. The van der Waals surface area contributed by atoms with Crippen molar-refractivity contribution in [3.63, 3.8) is 0 Å². The topological polar surface area (TPSA) is 28.2 Å². The van der Waals surface area contributed by atoms with Crippen LogP contribution in [0.15, 0.2) is 18.2 Å². The third-order valence-electron chi connectivity index (χ3n) is 4.74. The summed E-state index contributed by atoms with van der Waals surface area (Å²) < 4.78 is 0. The van der Waals surface area contributed by atoms with Gasteiger partial charge in [0.1, 0.15) is 0 Å². The Balaban J connectivity index is 1.56. The number of pyridine rings is 1. The number of aromatic nitrogens is 1. The molecule has 1 aliphatic heterocycles. The highest BCUT2D eigenvalue weighted by atomic mass is 15.2. The van der Waals surface area contributed by atoms with E-state index in [4.69, 9.17) is 4.98 Å². The second-order valence-electron chi connectivity index (χ2n) is 6.80. The fraction of sp³-hybridized carbons (Fsp3) is 0.706. The SMILES string of the molecule is CC(C)NCc1cccc(CN2CC3CCCC3C2)n1. The fourth-order valence-corrected chi connectivity index (χ4v) is 3.71. The first kappa shape index (κ1) is 14.0. The van der Waals surface area contributed by atoms with E-state index in [1.165, 1.54) is 38.0 Å². The maximum Gasteiger partial charge on any atom is 0.0547 e. The van der Waals surface area contributed by atoms with Crippen LogP contribution >= 0.6 is 0 Å². The van der Waals surface area contributed by atoms with Crippen LogP contribution in [0.25, 0.3) is 0 Å². The Morgan fingerprint density at radius 2 is 1.90 bits per heavy atom. The van der Waals surface area contributed by atoms with Crippen LogP contribution in [0.1, 0.15) is 44.5 Å². The third kappa shape index (κ3) is 3.39. The number of hydrogen-bond acceptors (Lipinski definition) is 3. The maximum absolute atomic E-state index is 4.80. The molecule has 110 valence electrons. The Morgan fingerprint density at radius 1 is 1.20 bits per heavy atom. The lowest BCUT2D eigenvalue weighted by molar-refractivity contribution is 0.299. The highest BCUT2D eigenvalue weighted by Gasteiger charge is 2.35. The second kappa shape index (κ2) is 6.23. The lowest BCUT2D eigenvalue weighted by Gasteiger charge is -2.16. The molecule has 1 aromatic rings. The number of hydrogen-bond donors (Lipinski definition) is 1. The molecule has 20 heavy (non-hydrogen) atoms. The van der Waals surface area contributed by atoms with Crippen molar-refractivity contribution in [3.8, 4) is 0 Å². The van der Waals surface area contributed by atoms with Crippen LogP contribution in [0, 0.1) is 11.8 Å². The van der Waals surface area contributed by atoms with Gasteiger partial charge in [-0.05, 0) is 36.8 Å². The predicted octanol–water partition coefficient (Wildman–Crippen LogP) is 2.81. The summed E-state index contributed by atoms with van der Waals surface area (Å²) in [4.78, 5) is 7.41. The lowest BCUT2D eigenvalue weighted by atomic mass is 10.0. The van der Waals surface area contributed by atoms with Crippen molar-refractivity contribution in [2.24, 2.45) is 11.8 Å². The Labute approximate surface area is 122 Å². The monoisotopic (exact) mass is 273 g/mol. The molecule has 1 aliphatic carbocycles. The van der Waals surface area contributed by atoms with Crippen molar-refractivity contribution >= 4 is 0 Å². The van der Waals surface area contributed by atoms with E-state index in [0.29, 0.717) is 6.04 Å². The van der Waals surface area contributed by atoms with E-state index in [-0.39, 0.29) is 0 Å². The van der Waals surface area contributed by atoms with Crippen LogP contribution in [-0.2, 0) is 13.1 Å². The molecule has 3 rings (SSSR count). The van der Waals surface area contributed by atoms with Gasteiger partial charge in [-0.1, -0.05) is 26.3 Å². The van der Waals surface area contributed by atoms with Gasteiger partial charge in [-0.2, -0.15) is 0 Å². The molecule has 1 N–H and O–H groups in total. The number of rotatable bonds is 5. The first-order valence-corrected chi connectivity index (χ1v) is 8.11. The molecule has 2 unspecified atom stereocenters. The quantitative estimate of drug-likeness (QED) is 0.894. The Bertz CT molecular complexity index is 432. The van der Waals surface area contributed by atoms with Crippen molar-refractivity contribution in [1.82, 2.24) is 15.2 Å². The standard InChI is InChI=1S/C17H27N3/c1-13(2)18-9-16-7-4-8-17(19-16)12-20-10-14-5-3-6-15(14)11-20/h4,7-8,13-15,18H,3,5-6,9-12H2,1-2H3. The maximum atomic E-state index is 4.80. The summed E-state index contributed by atoms with van der Waals surface area (Å²) in [5.41, 5.74) is 2.39. The van der Waals surface area contributed by atoms with Gasteiger partial charge < -0.3 is 5.32 Å². The van der Waals surface area contributed by atoms with Crippen LogP contribution in [0.4, 0.5) is 0 Å². The van der Waals surface area contributed by atoms with E-state index in [9.17, 15) is 0 Å². The molecule has 3 nitrogen and oxygen atoms in total. The van der Waals surface area contributed by atoms with E-state index in [0.717, 1.165) is 30.6 Å². The van der Waals surface area contributed by atoms with Crippen LogP contribution in [0.3, 0.4) is 0 Å². The predicted molar refractivity (Wildman–Crippen MR) is 82.3 cm³/mol. The van der Waals surface area contributed by atoms with Gasteiger partial charge in [0.25, 0.3) is 0 Å². The summed E-state index contributed by atoms with van der Waals surface area (Å²) in [5.74, 6) is 1.95. The minimum Gasteiger partial charge on any atom is -0.309 e. The van der Waals surface area contributed by atoms with Crippen LogP contribution < -0.4 is 5.32 Å². The van der Waals surface area contributed by atoms with Gasteiger partial charge in [0, 0.05) is 32.2 Å². The van der Waals surface area contributed by atoms with Gasteiger partial charge in [-0.25, -0.2) is 0 Å². The molecule has 0 radical (unpaired) electrons. The second-order valence-corrected chi connectivity index (χ2v) is 6.80.